The lowest BCUT2D eigenvalue weighted by atomic mass is 9.71. The van der Waals surface area contributed by atoms with E-state index in [-0.39, 0.29) is 17.5 Å². The van der Waals surface area contributed by atoms with Crippen molar-refractivity contribution in [3.05, 3.63) is 23.3 Å². The quantitative estimate of drug-likeness (QED) is 0.560. The van der Waals surface area contributed by atoms with E-state index in [0.29, 0.717) is 0 Å². The zero-order valence-corrected chi connectivity index (χ0v) is 11.4. The van der Waals surface area contributed by atoms with Crippen LogP contribution in [0.25, 0.3) is 0 Å². The van der Waals surface area contributed by atoms with Gasteiger partial charge in [0.15, 0.2) is 0 Å². The molecule has 3 heteroatoms. The maximum Gasteiger partial charge on any atom is 0.330 e. The molecule has 0 heterocycles. The monoisotopic (exact) mass is 238 g/mol. The van der Waals surface area contributed by atoms with Gasteiger partial charge in [-0.05, 0) is 36.3 Å². The predicted molar refractivity (Wildman–Crippen MR) is 67.7 cm³/mol. The van der Waals surface area contributed by atoms with Crippen molar-refractivity contribution in [3.63, 3.8) is 0 Å². The van der Waals surface area contributed by atoms with Gasteiger partial charge in [0.25, 0.3) is 0 Å². The highest BCUT2D eigenvalue weighted by Gasteiger charge is 2.31. The summed E-state index contributed by atoms with van der Waals surface area (Å²) in [6, 6.07) is 0. The summed E-state index contributed by atoms with van der Waals surface area (Å²) in [5.74, 6) is -0.319. The average molecular weight is 238 g/mol. The lowest BCUT2D eigenvalue weighted by molar-refractivity contribution is -0.134. The summed E-state index contributed by atoms with van der Waals surface area (Å²) in [4.78, 5) is 11.2. The first-order valence-electron chi connectivity index (χ1n) is 5.92. The Morgan fingerprint density at radius 3 is 2.59 bits per heavy atom. The van der Waals surface area contributed by atoms with Gasteiger partial charge in [-0.3, -0.25) is 0 Å². The zero-order chi connectivity index (χ0) is 13.1. The highest BCUT2D eigenvalue weighted by molar-refractivity contribution is 5.82. The first kappa shape index (κ1) is 14.0. The second-order valence-corrected chi connectivity index (χ2v) is 5.10. The Labute approximate surface area is 103 Å². The Kier molecular flexibility index (Phi) is 4.52. The number of carbonyl (C=O) groups is 1. The van der Waals surface area contributed by atoms with Crippen molar-refractivity contribution in [2.24, 2.45) is 5.41 Å². The number of ether oxygens (including phenoxy) is 2. The molecule has 17 heavy (non-hydrogen) atoms. The van der Waals surface area contributed by atoms with Crippen LogP contribution < -0.4 is 0 Å². The van der Waals surface area contributed by atoms with E-state index in [1.807, 2.05) is 6.08 Å². The molecule has 0 N–H and O–H groups in total. The van der Waals surface area contributed by atoms with Crippen LogP contribution >= 0.6 is 0 Å². The molecule has 0 spiro atoms. The molecular formula is C14H22O3. The minimum absolute atomic E-state index is 0.0869. The van der Waals surface area contributed by atoms with Crippen molar-refractivity contribution < 1.29 is 14.3 Å². The molecule has 1 aliphatic carbocycles. The molecule has 1 rings (SSSR count). The van der Waals surface area contributed by atoms with Crippen molar-refractivity contribution in [1.82, 2.24) is 0 Å². The molecule has 0 aromatic carbocycles. The van der Waals surface area contributed by atoms with Crippen LogP contribution in [0.4, 0.5) is 0 Å². The Bertz CT molecular complexity index is 350. The first-order valence-corrected chi connectivity index (χ1v) is 5.92. The molecule has 1 atom stereocenters. The standard InChI is InChI=1S/C14H22O3/c1-10-11(6-7-13(15)17-5)14(2,3)9-8-12(10)16-4/h6-7,12H,8-9H2,1-5H3. The largest absolute Gasteiger partial charge is 0.466 e. The summed E-state index contributed by atoms with van der Waals surface area (Å²) >= 11 is 0. The third kappa shape index (κ3) is 3.19. The van der Waals surface area contributed by atoms with Gasteiger partial charge < -0.3 is 9.47 Å². The summed E-state index contributed by atoms with van der Waals surface area (Å²) in [5, 5.41) is 0. The predicted octanol–water partition coefficient (Wildman–Crippen LogP) is 2.87. The number of methoxy groups -OCH3 is 2. The molecule has 0 fully saturated rings. The van der Waals surface area contributed by atoms with Crippen LogP contribution in [0.2, 0.25) is 0 Å². The van der Waals surface area contributed by atoms with Crippen LogP contribution in [0.5, 0.6) is 0 Å². The first-order chi connectivity index (χ1) is 7.92. The summed E-state index contributed by atoms with van der Waals surface area (Å²) in [6.07, 6.45) is 5.61. The van der Waals surface area contributed by atoms with Crippen LogP contribution in [0.1, 0.15) is 33.6 Å². The van der Waals surface area contributed by atoms with Crippen LogP contribution in [0, 0.1) is 5.41 Å². The summed E-state index contributed by atoms with van der Waals surface area (Å²) in [7, 11) is 3.12. The second-order valence-electron chi connectivity index (χ2n) is 5.10. The molecule has 0 aromatic heterocycles. The van der Waals surface area contributed by atoms with E-state index in [9.17, 15) is 4.79 Å². The Morgan fingerprint density at radius 1 is 1.41 bits per heavy atom. The van der Waals surface area contributed by atoms with Gasteiger partial charge in [-0.25, -0.2) is 4.79 Å². The number of carbonyl (C=O) groups excluding carboxylic acids is 1. The van der Waals surface area contributed by atoms with Gasteiger partial charge in [-0.1, -0.05) is 19.9 Å². The van der Waals surface area contributed by atoms with E-state index in [1.165, 1.54) is 24.3 Å². The topological polar surface area (TPSA) is 35.5 Å². The second kappa shape index (κ2) is 5.50. The number of hydrogen-bond acceptors (Lipinski definition) is 3. The van der Waals surface area contributed by atoms with E-state index in [1.54, 1.807) is 7.11 Å². The van der Waals surface area contributed by atoms with Gasteiger partial charge in [0.2, 0.25) is 0 Å². The number of allylic oxidation sites excluding steroid dienone is 2. The van der Waals surface area contributed by atoms with Gasteiger partial charge in [0.1, 0.15) is 0 Å². The lowest BCUT2D eigenvalue weighted by Crippen LogP contribution is -2.28. The smallest absolute Gasteiger partial charge is 0.330 e. The highest BCUT2D eigenvalue weighted by Crippen LogP contribution is 2.41. The van der Waals surface area contributed by atoms with E-state index in [2.05, 4.69) is 25.5 Å². The molecule has 96 valence electrons. The molecule has 1 aliphatic rings. The summed E-state index contributed by atoms with van der Waals surface area (Å²) in [5.41, 5.74) is 2.48. The van der Waals surface area contributed by atoms with Crippen molar-refractivity contribution in [2.45, 2.75) is 39.7 Å². The third-order valence-corrected chi connectivity index (χ3v) is 3.54. The van der Waals surface area contributed by atoms with E-state index in [4.69, 9.17) is 4.74 Å². The maximum atomic E-state index is 11.2. The number of esters is 1. The van der Waals surface area contributed by atoms with Crippen molar-refractivity contribution >= 4 is 5.97 Å². The number of rotatable bonds is 3. The molecular weight excluding hydrogens is 216 g/mol. The fourth-order valence-electron chi connectivity index (χ4n) is 2.42. The minimum Gasteiger partial charge on any atom is -0.466 e. The molecule has 1 unspecified atom stereocenters. The molecule has 0 radical (unpaired) electrons. The van der Waals surface area contributed by atoms with Crippen molar-refractivity contribution in [2.75, 3.05) is 14.2 Å². The lowest BCUT2D eigenvalue weighted by Gasteiger charge is -2.36. The third-order valence-electron chi connectivity index (χ3n) is 3.54. The molecule has 3 nitrogen and oxygen atoms in total. The van der Waals surface area contributed by atoms with Crippen LogP contribution in [-0.4, -0.2) is 26.3 Å². The Balaban J connectivity index is 3.04. The van der Waals surface area contributed by atoms with Crippen LogP contribution in [0.3, 0.4) is 0 Å². The molecule has 0 bridgehead atoms. The molecule has 0 saturated heterocycles. The van der Waals surface area contributed by atoms with Gasteiger partial charge in [-0.15, -0.1) is 0 Å². The Morgan fingerprint density at radius 2 is 2.06 bits per heavy atom. The number of hydrogen-bond donors (Lipinski definition) is 0. The SMILES string of the molecule is COC(=O)C=CC1=C(C)C(OC)CCC1(C)C. The van der Waals surface area contributed by atoms with Crippen LogP contribution in [0.15, 0.2) is 23.3 Å². The van der Waals surface area contributed by atoms with E-state index >= 15 is 0 Å². The fraction of sp³-hybridized carbons (Fsp3) is 0.643. The zero-order valence-electron chi connectivity index (χ0n) is 11.4. The van der Waals surface area contributed by atoms with E-state index in [0.717, 1.165) is 12.8 Å². The van der Waals surface area contributed by atoms with E-state index < -0.39 is 0 Å². The molecule has 0 aliphatic heterocycles. The van der Waals surface area contributed by atoms with Gasteiger partial charge in [0, 0.05) is 13.2 Å². The van der Waals surface area contributed by atoms with Gasteiger partial charge in [-0.2, -0.15) is 0 Å². The Hall–Kier alpha value is -1.09. The van der Waals surface area contributed by atoms with Crippen molar-refractivity contribution in [1.29, 1.82) is 0 Å². The molecule has 0 amide bonds. The van der Waals surface area contributed by atoms with Crippen LogP contribution in [-0.2, 0) is 14.3 Å². The average Bonchev–Trinajstić information content (AvgIpc) is 2.28. The normalized spacial score (nSPS) is 24.2. The van der Waals surface area contributed by atoms with Gasteiger partial charge >= 0.3 is 5.97 Å². The summed E-state index contributed by atoms with van der Waals surface area (Å²) < 4.78 is 10.1. The maximum absolute atomic E-state index is 11.2. The molecule has 0 saturated carbocycles. The summed E-state index contributed by atoms with van der Waals surface area (Å²) in [6.45, 7) is 6.46. The van der Waals surface area contributed by atoms with Gasteiger partial charge in [0.05, 0.1) is 13.2 Å². The molecule has 0 aromatic rings. The fourth-order valence-corrected chi connectivity index (χ4v) is 2.42. The van der Waals surface area contributed by atoms with Crippen molar-refractivity contribution in [3.8, 4) is 0 Å². The highest BCUT2D eigenvalue weighted by atomic mass is 16.5. The minimum atomic E-state index is -0.319.